The first-order valence-corrected chi connectivity index (χ1v) is 8.13. The van der Waals surface area contributed by atoms with Crippen LogP contribution in [0.5, 0.6) is 0 Å². The first-order valence-electron chi connectivity index (χ1n) is 8.13. The maximum atomic E-state index is 11.4. The molecule has 1 aromatic carbocycles. The van der Waals surface area contributed by atoms with E-state index in [1.165, 1.54) is 11.1 Å². The van der Waals surface area contributed by atoms with Crippen LogP contribution in [0.15, 0.2) is 24.3 Å². The zero-order chi connectivity index (χ0) is 18.7. The van der Waals surface area contributed by atoms with E-state index in [9.17, 15) is 14.4 Å². The number of nitrogens with one attached hydrogen (secondary N) is 3. The number of benzene rings is 1. The van der Waals surface area contributed by atoms with E-state index in [2.05, 4.69) is 22.0 Å². The zero-order valence-corrected chi connectivity index (χ0v) is 14.2. The lowest BCUT2D eigenvalue weighted by molar-refractivity contribution is -0.139. The van der Waals surface area contributed by atoms with E-state index in [-0.39, 0.29) is 6.42 Å². The number of hydrogen-bond acceptors (Lipinski definition) is 4. The zero-order valence-electron chi connectivity index (χ0n) is 14.2. The van der Waals surface area contributed by atoms with E-state index in [4.69, 9.17) is 10.2 Å². The predicted molar refractivity (Wildman–Crippen MR) is 92.3 cm³/mol. The van der Waals surface area contributed by atoms with Gasteiger partial charge in [0, 0.05) is 6.54 Å². The minimum absolute atomic E-state index is 0.280. The summed E-state index contributed by atoms with van der Waals surface area (Å²) in [7, 11) is 0. The van der Waals surface area contributed by atoms with E-state index < -0.39 is 30.6 Å². The number of aryl methyl sites for hydroxylation is 1. The molecule has 0 aliphatic carbocycles. The third kappa shape index (κ3) is 9.31. The van der Waals surface area contributed by atoms with Gasteiger partial charge in [0.15, 0.2) is 0 Å². The van der Waals surface area contributed by atoms with Gasteiger partial charge < -0.3 is 26.2 Å². The van der Waals surface area contributed by atoms with Gasteiger partial charge in [-0.15, -0.1) is 0 Å². The van der Waals surface area contributed by atoms with Crippen LogP contribution in [0, 0.1) is 6.92 Å². The van der Waals surface area contributed by atoms with Crippen molar-refractivity contribution in [1.82, 2.24) is 16.0 Å². The molecule has 0 bridgehead atoms. The van der Waals surface area contributed by atoms with Crippen LogP contribution < -0.4 is 16.0 Å². The molecule has 0 fully saturated rings. The average molecular weight is 351 g/mol. The Morgan fingerprint density at radius 1 is 1.16 bits per heavy atom. The van der Waals surface area contributed by atoms with Crippen molar-refractivity contribution in [3.63, 3.8) is 0 Å². The third-order valence-electron chi connectivity index (χ3n) is 3.51. The van der Waals surface area contributed by atoms with Crippen LogP contribution in [-0.2, 0) is 16.1 Å². The molecule has 0 spiro atoms. The number of carboxylic acid groups (broad SMARTS) is 2. The predicted octanol–water partition coefficient (Wildman–Crippen LogP) is 1.09. The highest BCUT2D eigenvalue weighted by Gasteiger charge is 2.19. The lowest BCUT2D eigenvalue weighted by atomic mass is 10.1. The maximum Gasteiger partial charge on any atom is 0.326 e. The van der Waals surface area contributed by atoms with Gasteiger partial charge in [-0.05, 0) is 38.3 Å². The molecule has 0 heterocycles. The Morgan fingerprint density at radius 2 is 1.92 bits per heavy atom. The Morgan fingerprint density at radius 3 is 2.56 bits per heavy atom. The molecule has 0 saturated carbocycles. The van der Waals surface area contributed by atoms with Gasteiger partial charge in [0.1, 0.15) is 12.6 Å². The van der Waals surface area contributed by atoms with Gasteiger partial charge in [0.2, 0.25) is 0 Å². The second kappa shape index (κ2) is 11.0. The molecule has 0 saturated heterocycles. The van der Waals surface area contributed by atoms with Crippen molar-refractivity contribution in [1.29, 1.82) is 0 Å². The first kappa shape index (κ1) is 20.4. The lowest BCUT2D eigenvalue weighted by Gasteiger charge is -2.14. The topological polar surface area (TPSA) is 128 Å². The van der Waals surface area contributed by atoms with E-state index >= 15 is 0 Å². The van der Waals surface area contributed by atoms with Gasteiger partial charge in [0.25, 0.3) is 0 Å². The van der Waals surface area contributed by atoms with Crippen molar-refractivity contribution >= 4 is 18.0 Å². The van der Waals surface area contributed by atoms with Crippen molar-refractivity contribution in [3.8, 4) is 0 Å². The van der Waals surface area contributed by atoms with Crippen LogP contribution in [0.4, 0.5) is 4.79 Å². The molecule has 1 atom stereocenters. The van der Waals surface area contributed by atoms with Crippen molar-refractivity contribution in [2.45, 2.75) is 38.8 Å². The molecule has 0 aliphatic rings. The SMILES string of the molecule is Cc1cccc(CNCCCCC(NC(=O)NCC(=O)O)C(=O)O)c1. The average Bonchev–Trinajstić information content (AvgIpc) is 2.54. The summed E-state index contributed by atoms with van der Waals surface area (Å²) in [5, 5.41) is 25.2. The van der Waals surface area contributed by atoms with Crippen LogP contribution in [0.2, 0.25) is 0 Å². The number of amides is 2. The van der Waals surface area contributed by atoms with Gasteiger partial charge in [-0.25, -0.2) is 9.59 Å². The fourth-order valence-electron chi connectivity index (χ4n) is 2.28. The number of carboxylic acids is 2. The standard InChI is InChI=1S/C17H25N3O5/c1-12-5-4-6-13(9-12)10-18-8-3-2-7-14(16(23)24)20-17(25)19-11-15(21)22/h4-6,9,14,18H,2-3,7-8,10-11H2,1H3,(H,21,22)(H,23,24)(H2,19,20,25). The first-order chi connectivity index (χ1) is 11.9. The Labute approximate surface area is 146 Å². The molecule has 0 aliphatic heterocycles. The molecule has 8 heteroatoms. The summed E-state index contributed by atoms with van der Waals surface area (Å²) in [5.74, 6) is -2.33. The summed E-state index contributed by atoms with van der Waals surface area (Å²) in [6, 6.07) is 6.35. The second-order valence-corrected chi connectivity index (χ2v) is 5.77. The molecule has 25 heavy (non-hydrogen) atoms. The minimum Gasteiger partial charge on any atom is -0.480 e. The molecule has 0 aromatic heterocycles. The summed E-state index contributed by atoms with van der Waals surface area (Å²) >= 11 is 0. The second-order valence-electron chi connectivity index (χ2n) is 5.77. The van der Waals surface area contributed by atoms with Gasteiger partial charge in [-0.2, -0.15) is 0 Å². The Kier molecular flexibility index (Phi) is 9.02. The number of urea groups is 1. The molecular weight excluding hydrogens is 326 g/mol. The molecule has 5 N–H and O–H groups in total. The fourth-order valence-corrected chi connectivity index (χ4v) is 2.28. The highest BCUT2D eigenvalue weighted by molar-refractivity contribution is 5.84. The van der Waals surface area contributed by atoms with E-state index in [1.54, 1.807) is 0 Å². The third-order valence-corrected chi connectivity index (χ3v) is 3.51. The summed E-state index contributed by atoms with van der Waals surface area (Å²) in [6.07, 6.45) is 1.67. The normalized spacial score (nSPS) is 11.6. The number of rotatable bonds is 11. The molecule has 1 unspecified atom stereocenters. The number of carbonyl (C=O) groups is 3. The van der Waals surface area contributed by atoms with Gasteiger partial charge in [-0.3, -0.25) is 4.79 Å². The Balaban J connectivity index is 2.21. The van der Waals surface area contributed by atoms with Crippen LogP contribution >= 0.6 is 0 Å². The largest absolute Gasteiger partial charge is 0.480 e. The van der Waals surface area contributed by atoms with E-state index in [0.29, 0.717) is 6.42 Å². The van der Waals surface area contributed by atoms with E-state index in [0.717, 1.165) is 19.5 Å². The van der Waals surface area contributed by atoms with Gasteiger partial charge in [0.05, 0.1) is 0 Å². The Bertz CT molecular complexity index is 591. The molecule has 1 aromatic rings. The van der Waals surface area contributed by atoms with Crippen LogP contribution in [0.3, 0.4) is 0 Å². The van der Waals surface area contributed by atoms with Crippen LogP contribution in [0.25, 0.3) is 0 Å². The van der Waals surface area contributed by atoms with Crippen LogP contribution in [-0.4, -0.2) is 47.3 Å². The number of unbranched alkanes of at least 4 members (excludes halogenated alkanes) is 1. The van der Waals surface area contributed by atoms with Crippen LogP contribution in [0.1, 0.15) is 30.4 Å². The number of aliphatic carboxylic acids is 2. The number of hydrogen-bond donors (Lipinski definition) is 5. The van der Waals surface area contributed by atoms with Crippen molar-refractivity contribution < 1.29 is 24.6 Å². The molecule has 2 amide bonds. The molecule has 138 valence electrons. The van der Waals surface area contributed by atoms with E-state index in [1.807, 2.05) is 25.1 Å². The summed E-state index contributed by atoms with van der Waals surface area (Å²) in [5.41, 5.74) is 2.40. The summed E-state index contributed by atoms with van der Waals surface area (Å²) in [6.45, 7) is 2.97. The monoisotopic (exact) mass is 351 g/mol. The van der Waals surface area contributed by atoms with Gasteiger partial charge >= 0.3 is 18.0 Å². The molecule has 1 rings (SSSR count). The van der Waals surface area contributed by atoms with Crippen molar-refractivity contribution in [2.75, 3.05) is 13.1 Å². The van der Waals surface area contributed by atoms with Crippen molar-refractivity contribution in [3.05, 3.63) is 35.4 Å². The van der Waals surface area contributed by atoms with Crippen molar-refractivity contribution in [2.24, 2.45) is 0 Å². The smallest absolute Gasteiger partial charge is 0.326 e. The molecule has 0 radical (unpaired) electrons. The fraction of sp³-hybridized carbons (Fsp3) is 0.471. The summed E-state index contributed by atoms with van der Waals surface area (Å²) < 4.78 is 0. The minimum atomic E-state index is -1.19. The molecule has 8 nitrogen and oxygen atoms in total. The quantitative estimate of drug-likeness (QED) is 0.380. The lowest BCUT2D eigenvalue weighted by Crippen LogP contribution is -2.47. The maximum absolute atomic E-state index is 11.4. The number of carbonyl (C=O) groups excluding carboxylic acids is 1. The highest BCUT2D eigenvalue weighted by atomic mass is 16.4. The highest BCUT2D eigenvalue weighted by Crippen LogP contribution is 2.04. The Hall–Kier alpha value is -2.61. The van der Waals surface area contributed by atoms with Gasteiger partial charge in [-0.1, -0.05) is 29.8 Å². The summed E-state index contributed by atoms with van der Waals surface area (Å²) in [4.78, 5) is 32.9. The molecular formula is C17H25N3O5.